The number of rotatable bonds is 3. The number of hydrogen-bond donors (Lipinski definition) is 1. The first-order valence-electron chi connectivity index (χ1n) is 6.90. The van der Waals surface area contributed by atoms with Crippen molar-refractivity contribution in [2.24, 2.45) is 0 Å². The summed E-state index contributed by atoms with van der Waals surface area (Å²) in [6.07, 6.45) is 0.135. The van der Waals surface area contributed by atoms with Crippen molar-refractivity contribution >= 4 is 11.6 Å². The molecule has 1 aliphatic heterocycles. The maximum atomic E-state index is 13.5. The second-order valence-electron chi connectivity index (χ2n) is 5.31. The number of nitrogens with zero attached hydrogens (tertiary/aromatic N) is 1. The minimum atomic E-state index is -0.310. The van der Waals surface area contributed by atoms with Crippen LogP contribution < -0.4 is 5.32 Å². The van der Waals surface area contributed by atoms with Gasteiger partial charge in [0.1, 0.15) is 5.82 Å². The van der Waals surface area contributed by atoms with E-state index in [0.717, 1.165) is 13.1 Å². The highest BCUT2D eigenvalue weighted by atomic mass is 19.1. The van der Waals surface area contributed by atoms with Gasteiger partial charge >= 0.3 is 0 Å². The SMILES string of the molecule is Cc1ccc(NC(=O)[C@@H](C)N2CCO[C@@H](C)C2)cc1F. The van der Waals surface area contributed by atoms with Crippen molar-refractivity contribution < 1.29 is 13.9 Å². The molecule has 0 unspecified atom stereocenters. The number of anilines is 1. The van der Waals surface area contributed by atoms with Gasteiger partial charge in [0.2, 0.25) is 5.91 Å². The first-order valence-corrected chi connectivity index (χ1v) is 6.90. The van der Waals surface area contributed by atoms with E-state index in [-0.39, 0.29) is 23.9 Å². The topological polar surface area (TPSA) is 41.6 Å². The van der Waals surface area contributed by atoms with Crippen LogP contribution in [0.3, 0.4) is 0 Å². The van der Waals surface area contributed by atoms with E-state index in [2.05, 4.69) is 10.2 Å². The lowest BCUT2D eigenvalue weighted by Gasteiger charge is -2.34. The van der Waals surface area contributed by atoms with Crippen molar-refractivity contribution in [1.82, 2.24) is 4.90 Å². The molecule has 1 aromatic carbocycles. The molecule has 2 rings (SSSR count). The monoisotopic (exact) mass is 280 g/mol. The number of carbonyl (C=O) groups is 1. The number of aryl methyl sites for hydroxylation is 1. The molecule has 0 saturated carbocycles. The number of hydrogen-bond acceptors (Lipinski definition) is 3. The van der Waals surface area contributed by atoms with Gasteiger partial charge in [-0.2, -0.15) is 0 Å². The number of carbonyl (C=O) groups excluding carboxylic acids is 1. The number of benzene rings is 1. The standard InChI is InChI=1S/C15H21FN2O2/c1-10-4-5-13(8-14(10)16)17-15(19)12(3)18-6-7-20-11(2)9-18/h4-5,8,11-12H,6-7,9H2,1-3H3,(H,17,19)/t11-,12+/m0/s1. The van der Waals surface area contributed by atoms with Crippen molar-refractivity contribution in [3.8, 4) is 0 Å². The van der Waals surface area contributed by atoms with Crippen LogP contribution in [-0.2, 0) is 9.53 Å². The summed E-state index contributed by atoms with van der Waals surface area (Å²) in [5.41, 5.74) is 1.06. The van der Waals surface area contributed by atoms with Gasteiger partial charge in [0, 0.05) is 18.8 Å². The summed E-state index contributed by atoms with van der Waals surface area (Å²) >= 11 is 0. The van der Waals surface area contributed by atoms with Gasteiger partial charge in [-0.15, -0.1) is 0 Å². The zero-order valence-electron chi connectivity index (χ0n) is 12.1. The van der Waals surface area contributed by atoms with Crippen LogP contribution in [0, 0.1) is 12.7 Å². The molecule has 0 spiro atoms. The first-order chi connectivity index (χ1) is 9.47. The molecule has 0 radical (unpaired) electrons. The van der Waals surface area contributed by atoms with Crippen molar-refractivity contribution in [3.05, 3.63) is 29.6 Å². The predicted molar refractivity (Wildman–Crippen MR) is 76.2 cm³/mol. The van der Waals surface area contributed by atoms with Crippen molar-refractivity contribution in [2.75, 3.05) is 25.0 Å². The Labute approximate surface area is 118 Å². The van der Waals surface area contributed by atoms with Gasteiger partial charge in [0.05, 0.1) is 18.8 Å². The fourth-order valence-corrected chi connectivity index (χ4v) is 2.28. The van der Waals surface area contributed by atoms with E-state index in [4.69, 9.17) is 4.74 Å². The van der Waals surface area contributed by atoms with Gasteiger partial charge < -0.3 is 10.1 Å². The van der Waals surface area contributed by atoms with Crippen LogP contribution in [0.15, 0.2) is 18.2 Å². The summed E-state index contributed by atoms with van der Waals surface area (Å²) in [5.74, 6) is -0.433. The zero-order valence-corrected chi connectivity index (χ0v) is 12.1. The van der Waals surface area contributed by atoms with Gasteiger partial charge in [-0.25, -0.2) is 4.39 Å². The van der Waals surface area contributed by atoms with E-state index >= 15 is 0 Å². The van der Waals surface area contributed by atoms with E-state index in [1.54, 1.807) is 19.1 Å². The number of halogens is 1. The lowest BCUT2D eigenvalue weighted by atomic mass is 10.2. The Morgan fingerprint density at radius 3 is 2.95 bits per heavy atom. The molecule has 1 aliphatic rings. The number of ether oxygens (including phenoxy) is 1. The van der Waals surface area contributed by atoms with Crippen molar-refractivity contribution in [3.63, 3.8) is 0 Å². The minimum absolute atomic E-state index is 0.123. The van der Waals surface area contributed by atoms with E-state index in [1.165, 1.54) is 6.07 Å². The van der Waals surface area contributed by atoms with E-state index in [1.807, 2.05) is 13.8 Å². The molecule has 5 heteroatoms. The number of morpholine rings is 1. The van der Waals surface area contributed by atoms with Gasteiger partial charge in [0.25, 0.3) is 0 Å². The molecule has 0 aliphatic carbocycles. The predicted octanol–water partition coefficient (Wildman–Crippen LogP) is 2.18. The Morgan fingerprint density at radius 2 is 2.30 bits per heavy atom. The molecule has 0 aromatic heterocycles. The number of amides is 1. The van der Waals surface area contributed by atoms with Gasteiger partial charge in [-0.3, -0.25) is 9.69 Å². The fourth-order valence-electron chi connectivity index (χ4n) is 2.28. The third-order valence-corrected chi connectivity index (χ3v) is 3.64. The smallest absolute Gasteiger partial charge is 0.241 e. The third kappa shape index (κ3) is 3.55. The molecule has 1 fully saturated rings. The summed E-state index contributed by atoms with van der Waals surface area (Å²) in [6, 6.07) is 4.46. The van der Waals surface area contributed by atoms with Crippen LogP contribution in [0.5, 0.6) is 0 Å². The Hall–Kier alpha value is -1.46. The van der Waals surface area contributed by atoms with Crippen LogP contribution in [0.25, 0.3) is 0 Å². The maximum absolute atomic E-state index is 13.5. The van der Waals surface area contributed by atoms with Gasteiger partial charge in [-0.05, 0) is 38.5 Å². The van der Waals surface area contributed by atoms with Crippen LogP contribution in [0.2, 0.25) is 0 Å². The molecule has 110 valence electrons. The Kier molecular flexibility index (Phi) is 4.73. The van der Waals surface area contributed by atoms with E-state index in [0.29, 0.717) is 17.9 Å². The molecule has 1 aromatic rings. The largest absolute Gasteiger partial charge is 0.376 e. The molecule has 2 atom stereocenters. The second kappa shape index (κ2) is 6.33. The summed E-state index contributed by atoms with van der Waals surface area (Å²) < 4.78 is 18.9. The van der Waals surface area contributed by atoms with Crippen molar-refractivity contribution in [1.29, 1.82) is 0 Å². The summed E-state index contributed by atoms with van der Waals surface area (Å²) in [4.78, 5) is 14.3. The van der Waals surface area contributed by atoms with Crippen LogP contribution in [0.4, 0.5) is 10.1 Å². The van der Waals surface area contributed by atoms with Gasteiger partial charge in [0.15, 0.2) is 0 Å². The molecule has 1 heterocycles. The highest BCUT2D eigenvalue weighted by molar-refractivity contribution is 5.94. The molecule has 1 amide bonds. The van der Waals surface area contributed by atoms with Crippen molar-refractivity contribution in [2.45, 2.75) is 32.9 Å². The lowest BCUT2D eigenvalue weighted by molar-refractivity contribution is -0.123. The molecule has 1 saturated heterocycles. The third-order valence-electron chi connectivity index (χ3n) is 3.64. The highest BCUT2D eigenvalue weighted by Gasteiger charge is 2.26. The van der Waals surface area contributed by atoms with Crippen LogP contribution in [-0.4, -0.2) is 42.6 Å². The van der Waals surface area contributed by atoms with E-state index in [9.17, 15) is 9.18 Å². The first kappa shape index (κ1) is 14.9. The van der Waals surface area contributed by atoms with Crippen LogP contribution in [0.1, 0.15) is 19.4 Å². The fraction of sp³-hybridized carbons (Fsp3) is 0.533. The molecule has 4 nitrogen and oxygen atoms in total. The Balaban J connectivity index is 1.98. The molecule has 1 N–H and O–H groups in total. The zero-order chi connectivity index (χ0) is 14.7. The maximum Gasteiger partial charge on any atom is 0.241 e. The lowest BCUT2D eigenvalue weighted by Crippen LogP contribution is -2.50. The molecular weight excluding hydrogens is 259 g/mol. The molecular formula is C15H21FN2O2. The Bertz CT molecular complexity index is 493. The quantitative estimate of drug-likeness (QED) is 0.922. The van der Waals surface area contributed by atoms with Gasteiger partial charge in [-0.1, -0.05) is 6.07 Å². The van der Waals surface area contributed by atoms with Crippen LogP contribution >= 0.6 is 0 Å². The Morgan fingerprint density at radius 1 is 1.55 bits per heavy atom. The second-order valence-corrected chi connectivity index (χ2v) is 5.31. The molecule has 20 heavy (non-hydrogen) atoms. The van der Waals surface area contributed by atoms with E-state index < -0.39 is 0 Å². The normalized spacial score (nSPS) is 21.5. The highest BCUT2D eigenvalue weighted by Crippen LogP contribution is 2.15. The minimum Gasteiger partial charge on any atom is -0.376 e. The summed E-state index contributed by atoms with van der Waals surface area (Å²) in [7, 11) is 0. The average Bonchev–Trinajstić information content (AvgIpc) is 2.42. The average molecular weight is 280 g/mol. The number of nitrogens with one attached hydrogen (secondary N) is 1. The summed E-state index contributed by atoms with van der Waals surface area (Å²) in [5, 5.41) is 2.76. The molecule has 0 bridgehead atoms. The summed E-state index contributed by atoms with van der Waals surface area (Å²) in [6.45, 7) is 7.65.